The van der Waals surface area contributed by atoms with Gasteiger partial charge in [0.15, 0.2) is 0 Å². The molecule has 0 aromatic carbocycles. The molecule has 0 spiro atoms. The average molecular weight is 623 g/mol. The van der Waals surface area contributed by atoms with Crippen LogP contribution in [0.25, 0.3) is 0 Å². The second-order valence-corrected chi connectivity index (χ2v) is 14.0. The molecule has 3 aliphatic heterocycles. The number of rotatable bonds is 25. The molecule has 2 fully saturated rings. The van der Waals surface area contributed by atoms with E-state index in [1.54, 1.807) is 0 Å². The Morgan fingerprint density at radius 1 is 0.659 bits per heavy atom. The lowest BCUT2D eigenvalue weighted by molar-refractivity contribution is -0.139. The molecule has 44 heavy (non-hydrogen) atoms. The van der Waals surface area contributed by atoms with Crippen LogP contribution in [-0.4, -0.2) is 70.1 Å². The van der Waals surface area contributed by atoms with Gasteiger partial charge in [0, 0.05) is 5.57 Å². The minimum absolute atomic E-state index is 0.0321. The number of carbonyl (C=O) groups is 1. The van der Waals surface area contributed by atoms with Crippen molar-refractivity contribution in [2.45, 2.75) is 217 Å². The molecule has 3 rings (SSSR count). The molecule has 0 bridgehead atoms. The van der Waals surface area contributed by atoms with E-state index in [1.165, 1.54) is 57.8 Å². The molecular formula is C37H66O7. The molecule has 0 aromatic rings. The fourth-order valence-corrected chi connectivity index (χ4v) is 7.28. The summed E-state index contributed by atoms with van der Waals surface area (Å²) in [6, 6.07) is 0. The van der Waals surface area contributed by atoms with Crippen molar-refractivity contribution in [2.24, 2.45) is 0 Å². The summed E-state index contributed by atoms with van der Waals surface area (Å²) in [5, 5.41) is 31.8. The van der Waals surface area contributed by atoms with Crippen LogP contribution >= 0.6 is 0 Å². The fourth-order valence-electron chi connectivity index (χ4n) is 7.28. The van der Waals surface area contributed by atoms with Crippen molar-refractivity contribution in [3.63, 3.8) is 0 Å². The third-order valence-corrected chi connectivity index (χ3v) is 10.1. The standard InChI is InChI=1S/C37H66O7/c1-3-4-5-6-7-8-9-10-11-15-21-31(39)33-23-25-35(43-33)36-26-24-34(44-36)32(40)22-16-13-12-14-19-30(38)20-17-18-29-27-28(2)42-37(29)41/h27-28,30-36,38-40H,3-26H2,1-2H3. The number of aliphatic hydroxyl groups excluding tert-OH is 3. The van der Waals surface area contributed by atoms with Crippen molar-refractivity contribution in [1.82, 2.24) is 0 Å². The molecule has 3 N–H and O–H groups in total. The molecule has 8 atom stereocenters. The quantitative estimate of drug-likeness (QED) is 0.0703. The lowest BCUT2D eigenvalue weighted by atomic mass is 9.99. The molecule has 0 saturated carbocycles. The van der Waals surface area contributed by atoms with Gasteiger partial charge in [-0.05, 0) is 77.2 Å². The lowest BCUT2D eigenvalue weighted by Crippen LogP contribution is -2.33. The first-order valence-corrected chi connectivity index (χ1v) is 18.6. The zero-order valence-electron chi connectivity index (χ0n) is 28.1. The topological polar surface area (TPSA) is 105 Å². The molecule has 0 aliphatic carbocycles. The largest absolute Gasteiger partial charge is 0.455 e. The average Bonchev–Trinajstić information content (AvgIpc) is 3.76. The Bertz CT molecular complexity index is 801. The van der Waals surface area contributed by atoms with Gasteiger partial charge in [-0.25, -0.2) is 4.79 Å². The molecule has 7 nitrogen and oxygen atoms in total. The number of aliphatic hydroxyl groups is 3. The van der Waals surface area contributed by atoms with Crippen LogP contribution in [0.3, 0.4) is 0 Å². The summed E-state index contributed by atoms with van der Waals surface area (Å²) >= 11 is 0. The normalized spacial score (nSPS) is 27.4. The summed E-state index contributed by atoms with van der Waals surface area (Å²) in [6.45, 7) is 4.13. The van der Waals surface area contributed by atoms with Crippen molar-refractivity contribution in [1.29, 1.82) is 0 Å². The molecule has 7 heteroatoms. The maximum absolute atomic E-state index is 11.7. The van der Waals surface area contributed by atoms with Gasteiger partial charge in [0.2, 0.25) is 0 Å². The summed E-state index contributed by atoms with van der Waals surface area (Å²) in [4.78, 5) is 11.7. The molecule has 0 aromatic heterocycles. The van der Waals surface area contributed by atoms with Crippen molar-refractivity contribution in [2.75, 3.05) is 0 Å². The predicted octanol–water partition coefficient (Wildman–Crippen LogP) is 7.86. The Morgan fingerprint density at radius 3 is 1.59 bits per heavy atom. The number of hydrogen-bond acceptors (Lipinski definition) is 7. The van der Waals surface area contributed by atoms with Gasteiger partial charge in [-0.1, -0.05) is 96.8 Å². The maximum atomic E-state index is 11.7. The number of unbranched alkanes of at least 4 members (excludes halogenated alkanes) is 12. The van der Waals surface area contributed by atoms with E-state index in [0.29, 0.717) is 12.8 Å². The highest BCUT2D eigenvalue weighted by Gasteiger charge is 2.40. The minimum Gasteiger partial charge on any atom is -0.455 e. The first kappa shape index (κ1) is 37.5. The Labute approximate surface area is 268 Å². The third kappa shape index (κ3) is 14.2. The van der Waals surface area contributed by atoms with Crippen LogP contribution < -0.4 is 0 Å². The van der Waals surface area contributed by atoms with Gasteiger partial charge in [-0.3, -0.25) is 0 Å². The summed E-state index contributed by atoms with van der Waals surface area (Å²) in [5.41, 5.74) is 0.745. The van der Waals surface area contributed by atoms with Crippen LogP contribution in [-0.2, 0) is 19.0 Å². The summed E-state index contributed by atoms with van der Waals surface area (Å²) in [5.74, 6) is -0.210. The van der Waals surface area contributed by atoms with Gasteiger partial charge in [0.1, 0.15) is 6.10 Å². The van der Waals surface area contributed by atoms with E-state index in [0.717, 1.165) is 89.0 Å². The Hall–Kier alpha value is -0.990. The van der Waals surface area contributed by atoms with E-state index in [4.69, 9.17) is 14.2 Å². The Kier molecular flexibility index (Phi) is 18.5. The summed E-state index contributed by atoms with van der Waals surface area (Å²) in [7, 11) is 0. The van der Waals surface area contributed by atoms with Gasteiger partial charge >= 0.3 is 5.97 Å². The lowest BCUT2D eigenvalue weighted by Gasteiger charge is -2.24. The second-order valence-electron chi connectivity index (χ2n) is 14.0. The number of ether oxygens (including phenoxy) is 3. The minimum atomic E-state index is -0.441. The van der Waals surface area contributed by atoms with Crippen LogP contribution in [0.5, 0.6) is 0 Å². The fraction of sp³-hybridized carbons (Fsp3) is 0.919. The first-order chi connectivity index (χ1) is 21.4. The van der Waals surface area contributed by atoms with Gasteiger partial charge < -0.3 is 29.5 Å². The predicted molar refractivity (Wildman–Crippen MR) is 175 cm³/mol. The van der Waals surface area contributed by atoms with Crippen LogP contribution in [0.1, 0.15) is 168 Å². The monoisotopic (exact) mass is 622 g/mol. The smallest absolute Gasteiger partial charge is 0.334 e. The first-order valence-electron chi connectivity index (χ1n) is 18.6. The SMILES string of the molecule is CCCCCCCCCCCCC(O)C1CCC(C2CCC(C(O)CCCCCCC(O)CCCC3=CC(C)OC3=O)O2)O1. The van der Waals surface area contributed by atoms with Crippen molar-refractivity contribution < 1.29 is 34.3 Å². The number of carbonyl (C=O) groups excluding carboxylic acids is 1. The number of esters is 1. The molecular weight excluding hydrogens is 556 g/mol. The number of cyclic esters (lactones) is 1. The van der Waals surface area contributed by atoms with Crippen molar-refractivity contribution in [3.05, 3.63) is 11.6 Å². The molecule has 2 saturated heterocycles. The highest BCUT2D eigenvalue weighted by molar-refractivity contribution is 5.90. The van der Waals surface area contributed by atoms with Crippen LogP contribution in [0.2, 0.25) is 0 Å². The Balaban J connectivity index is 1.15. The van der Waals surface area contributed by atoms with E-state index in [2.05, 4.69) is 6.92 Å². The maximum Gasteiger partial charge on any atom is 0.334 e. The van der Waals surface area contributed by atoms with E-state index in [1.807, 2.05) is 13.0 Å². The summed E-state index contributed by atoms with van der Waals surface area (Å²) < 4.78 is 17.7. The zero-order valence-corrected chi connectivity index (χ0v) is 28.1. The third-order valence-electron chi connectivity index (χ3n) is 10.1. The van der Waals surface area contributed by atoms with Crippen LogP contribution in [0, 0.1) is 0 Å². The molecule has 256 valence electrons. The summed E-state index contributed by atoms with van der Waals surface area (Å²) in [6.07, 6.45) is 25.7. The van der Waals surface area contributed by atoms with E-state index in [9.17, 15) is 20.1 Å². The highest BCUT2D eigenvalue weighted by Crippen LogP contribution is 2.34. The number of hydrogen-bond donors (Lipinski definition) is 3. The highest BCUT2D eigenvalue weighted by atomic mass is 16.6. The van der Waals surface area contributed by atoms with Crippen molar-refractivity contribution >= 4 is 5.97 Å². The molecule has 3 heterocycles. The molecule has 3 aliphatic rings. The van der Waals surface area contributed by atoms with Gasteiger partial charge in [0.25, 0.3) is 0 Å². The van der Waals surface area contributed by atoms with Gasteiger partial charge in [0.05, 0.1) is 42.7 Å². The van der Waals surface area contributed by atoms with Crippen molar-refractivity contribution in [3.8, 4) is 0 Å². The van der Waals surface area contributed by atoms with E-state index in [-0.39, 0.29) is 48.7 Å². The Morgan fingerprint density at radius 2 is 1.11 bits per heavy atom. The molecule has 0 amide bonds. The van der Waals surface area contributed by atoms with Gasteiger partial charge in [-0.15, -0.1) is 0 Å². The van der Waals surface area contributed by atoms with E-state index >= 15 is 0 Å². The second kappa shape index (κ2) is 21.7. The molecule has 8 unspecified atom stereocenters. The van der Waals surface area contributed by atoms with Crippen LogP contribution in [0.4, 0.5) is 0 Å². The van der Waals surface area contributed by atoms with Crippen LogP contribution in [0.15, 0.2) is 11.6 Å². The van der Waals surface area contributed by atoms with Gasteiger partial charge in [-0.2, -0.15) is 0 Å². The van der Waals surface area contributed by atoms with E-state index < -0.39 is 6.10 Å². The zero-order chi connectivity index (χ0) is 31.6. The molecule has 0 radical (unpaired) electrons.